The number of halogens is 3. The van der Waals surface area contributed by atoms with Crippen molar-refractivity contribution >= 4 is 62.3 Å². The third-order valence-corrected chi connectivity index (χ3v) is 10.3. The van der Waals surface area contributed by atoms with Crippen LogP contribution >= 0.6 is 34.8 Å². The lowest BCUT2D eigenvalue weighted by atomic mass is 9.95. The standard InChI is InChI=1S/C31H34Cl3N3O4S/c1-21-11-17-26(18-12-21)42(40,41)37(28-10-6-9-27(33)30(28)34)20-29(38)36(19-23-13-15-24(32)16-14-23)22(2)31(39)35-25-7-4-3-5-8-25/h6,9-18,22,25H,3-5,7-8,19-20H2,1-2H3,(H,35,39)/t22-/m1/s1. The zero-order valence-electron chi connectivity index (χ0n) is 23.5. The quantitative estimate of drug-likeness (QED) is 0.256. The van der Waals surface area contributed by atoms with E-state index in [0.717, 1.165) is 47.5 Å². The largest absolute Gasteiger partial charge is 0.352 e. The number of aryl methyl sites for hydroxylation is 1. The van der Waals surface area contributed by atoms with E-state index in [1.807, 2.05) is 6.92 Å². The molecule has 0 unspecified atom stereocenters. The van der Waals surface area contributed by atoms with Crippen molar-refractivity contribution in [2.75, 3.05) is 10.8 Å². The van der Waals surface area contributed by atoms with Crippen molar-refractivity contribution in [3.63, 3.8) is 0 Å². The van der Waals surface area contributed by atoms with E-state index in [9.17, 15) is 18.0 Å². The molecular weight excluding hydrogens is 617 g/mol. The van der Waals surface area contributed by atoms with E-state index in [0.29, 0.717) is 5.02 Å². The molecule has 0 spiro atoms. The maximum Gasteiger partial charge on any atom is 0.264 e. The number of nitrogens with zero attached hydrogens (tertiary/aromatic N) is 2. The van der Waals surface area contributed by atoms with Gasteiger partial charge in [-0.3, -0.25) is 13.9 Å². The number of benzene rings is 3. The minimum absolute atomic E-state index is 0.00463. The molecular formula is C31H34Cl3N3O4S. The zero-order chi connectivity index (χ0) is 30.4. The second-order valence-corrected chi connectivity index (χ2v) is 13.6. The van der Waals surface area contributed by atoms with Crippen molar-refractivity contribution < 1.29 is 18.0 Å². The van der Waals surface area contributed by atoms with Crippen LogP contribution in [0.5, 0.6) is 0 Å². The highest BCUT2D eigenvalue weighted by Gasteiger charge is 2.34. The van der Waals surface area contributed by atoms with E-state index in [1.165, 1.54) is 29.2 Å². The van der Waals surface area contributed by atoms with Gasteiger partial charge in [0.2, 0.25) is 11.8 Å². The summed E-state index contributed by atoms with van der Waals surface area (Å²) in [4.78, 5) is 28.9. The molecule has 42 heavy (non-hydrogen) atoms. The summed E-state index contributed by atoms with van der Waals surface area (Å²) in [6.07, 6.45) is 5.00. The summed E-state index contributed by atoms with van der Waals surface area (Å²) < 4.78 is 28.9. The number of hydrogen-bond donors (Lipinski definition) is 1. The van der Waals surface area contributed by atoms with Crippen LogP contribution in [0.1, 0.15) is 50.2 Å². The maximum atomic E-state index is 14.1. The van der Waals surface area contributed by atoms with Crippen LogP contribution in [-0.2, 0) is 26.2 Å². The lowest BCUT2D eigenvalue weighted by Crippen LogP contribution is -2.53. The molecule has 7 nitrogen and oxygen atoms in total. The second-order valence-electron chi connectivity index (χ2n) is 10.6. The Morgan fingerprint density at radius 1 is 0.929 bits per heavy atom. The Balaban J connectivity index is 1.70. The Morgan fingerprint density at radius 2 is 1.57 bits per heavy atom. The van der Waals surface area contributed by atoms with Crippen molar-refractivity contribution in [1.29, 1.82) is 0 Å². The second kappa shape index (κ2) is 14.1. The Hall–Kier alpha value is -2.78. The first-order chi connectivity index (χ1) is 20.0. The predicted molar refractivity (Wildman–Crippen MR) is 169 cm³/mol. The molecule has 0 aliphatic heterocycles. The number of rotatable bonds is 10. The van der Waals surface area contributed by atoms with Crippen molar-refractivity contribution in [2.45, 2.75) is 69.5 Å². The summed E-state index contributed by atoms with van der Waals surface area (Å²) in [5, 5.41) is 3.76. The van der Waals surface area contributed by atoms with Gasteiger partial charge in [0, 0.05) is 17.6 Å². The molecule has 4 rings (SSSR count). The molecule has 0 aromatic heterocycles. The van der Waals surface area contributed by atoms with Crippen molar-refractivity contribution in [2.24, 2.45) is 0 Å². The highest BCUT2D eigenvalue weighted by molar-refractivity contribution is 7.92. The van der Waals surface area contributed by atoms with E-state index in [2.05, 4.69) is 5.32 Å². The first-order valence-electron chi connectivity index (χ1n) is 13.8. The average Bonchev–Trinajstić information content (AvgIpc) is 2.97. The molecule has 0 bridgehead atoms. The number of carbonyl (C=O) groups excluding carboxylic acids is 2. The Bertz CT molecular complexity index is 1510. The van der Waals surface area contributed by atoms with Crippen molar-refractivity contribution in [3.05, 3.63) is 92.9 Å². The number of sulfonamides is 1. The molecule has 1 atom stereocenters. The van der Waals surface area contributed by atoms with Gasteiger partial charge in [-0.1, -0.05) is 90.0 Å². The van der Waals surface area contributed by atoms with E-state index < -0.39 is 28.5 Å². The van der Waals surface area contributed by atoms with Crippen molar-refractivity contribution in [3.8, 4) is 0 Å². The summed E-state index contributed by atoms with van der Waals surface area (Å²) in [6.45, 7) is 2.96. The minimum atomic E-state index is -4.26. The Labute approximate surface area is 262 Å². The number of anilines is 1. The van der Waals surface area contributed by atoms with Crippen LogP contribution in [-0.4, -0.2) is 43.8 Å². The monoisotopic (exact) mass is 649 g/mol. The highest BCUT2D eigenvalue weighted by atomic mass is 35.5. The van der Waals surface area contributed by atoms with Gasteiger partial charge in [-0.2, -0.15) is 0 Å². The summed E-state index contributed by atoms with van der Waals surface area (Å²) in [7, 11) is -4.26. The number of nitrogens with one attached hydrogen (secondary N) is 1. The van der Waals surface area contributed by atoms with Crippen LogP contribution in [0.25, 0.3) is 0 Å². The third-order valence-electron chi connectivity index (χ3n) is 7.47. The van der Waals surface area contributed by atoms with Crippen LogP contribution in [0.3, 0.4) is 0 Å². The molecule has 2 amide bonds. The van der Waals surface area contributed by atoms with Crippen LogP contribution in [0.2, 0.25) is 15.1 Å². The van der Waals surface area contributed by atoms with Crippen molar-refractivity contribution in [1.82, 2.24) is 10.2 Å². The summed E-state index contributed by atoms with van der Waals surface area (Å²) in [5.74, 6) is -0.874. The molecule has 0 heterocycles. The molecule has 11 heteroatoms. The van der Waals surface area contributed by atoms with Crippen LogP contribution in [0.15, 0.2) is 71.6 Å². The molecule has 0 saturated heterocycles. The van der Waals surface area contributed by atoms with Crippen LogP contribution in [0.4, 0.5) is 5.69 Å². The van der Waals surface area contributed by atoms with Gasteiger partial charge in [0.15, 0.2) is 0 Å². The fraction of sp³-hybridized carbons (Fsp3) is 0.355. The number of hydrogen-bond acceptors (Lipinski definition) is 4. The Kier molecular flexibility index (Phi) is 10.8. The van der Waals surface area contributed by atoms with Gasteiger partial charge in [0.1, 0.15) is 12.6 Å². The van der Waals surface area contributed by atoms with Gasteiger partial charge in [0.05, 0.1) is 20.6 Å². The summed E-state index contributed by atoms with van der Waals surface area (Å²) >= 11 is 18.8. The van der Waals surface area contributed by atoms with E-state index in [-0.39, 0.29) is 39.1 Å². The lowest BCUT2D eigenvalue weighted by molar-refractivity contribution is -0.139. The Morgan fingerprint density at radius 3 is 2.21 bits per heavy atom. The first-order valence-corrected chi connectivity index (χ1v) is 16.4. The maximum absolute atomic E-state index is 14.1. The molecule has 3 aromatic carbocycles. The molecule has 1 N–H and O–H groups in total. The van der Waals surface area contributed by atoms with E-state index in [4.69, 9.17) is 34.8 Å². The molecule has 1 saturated carbocycles. The predicted octanol–water partition coefficient (Wildman–Crippen LogP) is 7.02. The van der Waals surface area contributed by atoms with Gasteiger partial charge in [-0.25, -0.2) is 8.42 Å². The van der Waals surface area contributed by atoms with Gasteiger partial charge in [-0.15, -0.1) is 0 Å². The fourth-order valence-electron chi connectivity index (χ4n) is 4.97. The molecule has 1 fully saturated rings. The topological polar surface area (TPSA) is 86.8 Å². The molecule has 224 valence electrons. The van der Waals surface area contributed by atoms with Crippen LogP contribution in [0, 0.1) is 6.92 Å². The van der Waals surface area contributed by atoms with Gasteiger partial charge in [-0.05, 0) is 68.7 Å². The van der Waals surface area contributed by atoms with E-state index >= 15 is 0 Å². The number of amides is 2. The smallest absolute Gasteiger partial charge is 0.264 e. The summed E-state index contributed by atoms with van der Waals surface area (Å²) in [5.41, 5.74) is 1.67. The molecule has 0 radical (unpaired) electrons. The normalized spacial score (nSPS) is 14.7. The zero-order valence-corrected chi connectivity index (χ0v) is 26.6. The third kappa shape index (κ3) is 7.78. The molecule has 1 aliphatic rings. The first kappa shape index (κ1) is 32.1. The van der Waals surface area contributed by atoms with Gasteiger partial charge >= 0.3 is 0 Å². The average molecular weight is 651 g/mol. The SMILES string of the molecule is Cc1ccc(S(=O)(=O)N(CC(=O)N(Cc2ccc(Cl)cc2)[C@H](C)C(=O)NC2CCCCC2)c2cccc(Cl)c2Cl)cc1. The highest BCUT2D eigenvalue weighted by Crippen LogP contribution is 2.35. The lowest BCUT2D eigenvalue weighted by Gasteiger charge is -2.33. The van der Waals surface area contributed by atoms with Gasteiger partial charge < -0.3 is 10.2 Å². The van der Waals surface area contributed by atoms with E-state index in [1.54, 1.807) is 49.4 Å². The number of carbonyl (C=O) groups is 2. The molecule has 1 aliphatic carbocycles. The fourth-order valence-corrected chi connectivity index (χ4v) is 6.97. The minimum Gasteiger partial charge on any atom is -0.352 e. The summed E-state index contributed by atoms with van der Waals surface area (Å²) in [6, 6.07) is 17.0. The van der Waals surface area contributed by atoms with Crippen LogP contribution < -0.4 is 9.62 Å². The van der Waals surface area contributed by atoms with Gasteiger partial charge in [0.25, 0.3) is 10.0 Å². The molecule has 3 aromatic rings.